The second kappa shape index (κ2) is 4.56. The van der Waals surface area contributed by atoms with Gasteiger partial charge in [-0.2, -0.15) is 0 Å². The highest BCUT2D eigenvalue weighted by Gasteiger charge is 2.22. The number of carbonyl (C=O) groups is 1. The van der Waals surface area contributed by atoms with Crippen LogP contribution in [0.2, 0.25) is 0 Å². The maximum Gasteiger partial charge on any atom is 0.311 e. The monoisotopic (exact) mass is 229 g/mol. The lowest BCUT2D eigenvalue weighted by Gasteiger charge is -2.05. The van der Waals surface area contributed by atoms with Gasteiger partial charge >= 0.3 is 11.7 Å². The number of phenols is 1. The summed E-state index contributed by atoms with van der Waals surface area (Å²) < 4.78 is 17.5. The zero-order valence-corrected chi connectivity index (χ0v) is 8.27. The summed E-state index contributed by atoms with van der Waals surface area (Å²) in [5.41, 5.74) is -1.10. The zero-order valence-electron chi connectivity index (χ0n) is 8.27. The fourth-order valence-corrected chi connectivity index (χ4v) is 1.13. The Morgan fingerprint density at radius 1 is 1.62 bits per heavy atom. The maximum atomic E-state index is 13.2. The van der Waals surface area contributed by atoms with Crippen molar-refractivity contribution >= 4 is 11.7 Å². The number of nitrogens with zero attached hydrogens (tertiary/aromatic N) is 1. The van der Waals surface area contributed by atoms with Crippen molar-refractivity contribution in [3.8, 4) is 5.75 Å². The molecule has 0 saturated heterocycles. The second-order valence-corrected chi connectivity index (χ2v) is 2.90. The molecule has 0 aliphatic carbocycles. The van der Waals surface area contributed by atoms with Gasteiger partial charge in [-0.15, -0.1) is 0 Å². The predicted molar refractivity (Wildman–Crippen MR) is 50.4 cm³/mol. The van der Waals surface area contributed by atoms with E-state index >= 15 is 0 Å². The Hall–Kier alpha value is -2.18. The van der Waals surface area contributed by atoms with Crippen molar-refractivity contribution in [1.29, 1.82) is 0 Å². The van der Waals surface area contributed by atoms with Crippen LogP contribution in [0.5, 0.6) is 5.75 Å². The minimum atomic E-state index is -0.895. The molecule has 0 fully saturated rings. The lowest BCUT2D eigenvalue weighted by molar-refractivity contribution is -0.386. The molecule has 0 atom stereocenters. The molecule has 16 heavy (non-hydrogen) atoms. The quantitative estimate of drug-likeness (QED) is 0.477. The Morgan fingerprint density at radius 2 is 2.25 bits per heavy atom. The van der Waals surface area contributed by atoms with Gasteiger partial charge in [-0.25, -0.2) is 4.39 Å². The van der Waals surface area contributed by atoms with Crippen LogP contribution in [-0.4, -0.2) is 23.1 Å². The van der Waals surface area contributed by atoms with E-state index in [2.05, 4.69) is 4.74 Å². The summed E-state index contributed by atoms with van der Waals surface area (Å²) >= 11 is 0. The molecule has 1 rings (SSSR count). The van der Waals surface area contributed by atoms with Crippen molar-refractivity contribution in [3.05, 3.63) is 33.6 Å². The Labute approximate surface area is 89.4 Å². The fourth-order valence-electron chi connectivity index (χ4n) is 1.13. The first kappa shape index (κ1) is 11.9. The lowest BCUT2D eigenvalue weighted by atomic mass is 10.1. The van der Waals surface area contributed by atoms with Crippen molar-refractivity contribution in [2.75, 3.05) is 7.11 Å². The number of ether oxygens (including phenoxy) is 1. The van der Waals surface area contributed by atoms with E-state index in [1.165, 1.54) is 0 Å². The van der Waals surface area contributed by atoms with E-state index in [1.54, 1.807) is 0 Å². The SMILES string of the molecule is COC(=O)Cc1c(F)ccc([N+](=O)[O-])c1O. The number of hydrogen-bond acceptors (Lipinski definition) is 5. The average Bonchev–Trinajstić information content (AvgIpc) is 2.23. The molecule has 0 spiro atoms. The van der Waals surface area contributed by atoms with Crippen LogP contribution < -0.4 is 0 Å². The molecule has 86 valence electrons. The van der Waals surface area contributed by atoms with E-state index in [1.807, 2.05) is 0 Å². The first-order chi connectivity index (χ1) is 7.47. The Kier molecular flexibility index (Phi) is 3.39. The van der Waals surface area contributed by atoms with Crippen LogP contribution in [0, 0.1) is 15.9 Å². The highest BCUT2D eigenvalue weighted by Crippen LogP contribution is 2.31. The topological polar surface area (TPSA) is 89.7 Å². The third-order valence-corrected chi connectivity index (χ3v) is 1.95. The summed E-state index contributed by atoms with van der Waals surface area (Å²) in [7, 11) is 1.09. The van der Waals surface area contributed by atoms with Gasteiger partial charge in [0, 0.05) is 11.6 Å². The molecular weight excluding hydrogens is 221 g/mol. The molecule has 0 amide bonds. The van der Waals surface area contributed by atoms with E-state index in [9.17, 15) is 24.4 Å². The van der Waals surface area contributed by atoms with E-state index in [0.717, 1.165) is 19.2 Å². The van der Waals surface area contributed by atoms with Gasteiger partial charge in [0.1, 0.15) is 5.82 Å². The maximum absolute atomic E-state index is 13.2. The van der Waals surface area contributed by atoms with Crippen LogP contribution in [0.25, 0.3) is 0 Å². The van der Waals surface area contributed by atoms with Crippen LogP contribution in [-0.2, 0) is 16.0 Å². The van der Waals surface area contributed by atoms with Crippen LogP contribution >= 0.6 is 0 Å². The number of esters is 1. The van der Waals surface area contributed by atoms with E-state index < -0.39 is 40.1 Å². The minimum Gasteiger partial charge on any atom is -0.502 e. The molecule has 0 bridgehead atoms. The summed E-state index contributed by atoms with van der Waals surface area (Å²) in [6, 6.07) is 1.64. The minimum absolute atomic E-state index is 0.443. The molecule has 0 saturated carbocycles. The third-order valence-electron chi connectivity index (χ3n) is 1.95. The molecule has 0 aromatic heterocycles. The molecule has 0 aliphatic heterocycles. The average molecular weight is 229 g/mol. The van der Waals surface area contributed by atoms with Crippen molar-refractivity contribution < 1.29 is 24.0 Å². The number of benzene rings is 1. The van der Waals surface area contributed by atoms with Gasteiger partial charge in [-0.05, 0) is 6.07 Å². The molecular formula is C9H8FNO5. The Bertz CT molecular complexity index is 446. The van der Waals surface area contributed by atoms with Gasteiger partial charge in [0.15, 0.2) is 0 Å². The summed E-state index contributed by atoms with van der Waals surface area (Å²) in [5.74, 6) is -2.54. The summed E-state index contributed by atoms with van der Waals surface area (Å²) in [5, 5.41) is 19.8. The molecule has 0 heterocycles. The van der Waals surface area contributed by atoms with Crippen LogP contribution in [0.3, 0.4) is 0 Å². The van der Waals surface area contributed by atoms with Crippen LogP contribution in [0.1, 0.15) is 5.56 Å². The smallest absolute Gasteiger partial charge is 0.311 e. The number of carbonyl (C=O) groups excluding carboxylic acids is 1. The van der Waals surface area contributed by atoms with Gasteiger partial charge in [0.2, 0.25) is 5.75 Å². The van der Waals surface area contributed by atoms with Crippen LogP contribution in [0.4, 0.5) is 10.1 Å². The standard InChI is InChI=1S/C9H8FNO5/c1-16-8(12)4-5-6(10)2-3-7(9(5)13)11(14)15/h2-3,13H,4H2,1H3. The van der Waals surface area contributed by atoms with Gasteiger partial charge < -0.3 is 9.84 Å². The molecule has 0 radical (unpaired) electrons. The highest BCUT2D eigenvalue weighted by molar-refractivity contribution is 5.74. The summed E-state index contributed by atoms with van der Waals surface area (Å²) in [6.07, 6.45) is -0.560. The highest BCUT2D eigenvalue weighted by atomic mass is 19.1. The largest absolute Gasteiger partial charge is 0.502 e. The molecule has 1 N–H and O–H groups in total. The van der Waals surface area contributed by atoms with E-state index in [-0.39, 0.29) is 0 Å². The number of aromatic hydroxyl groups is 1. The molecule has 1 aromatic carbocycles. The molecule has 0 unspecified atom stereocenters. The van der Waals surface area contributed by atoms with E-state index in [0.29, 0.717) is 0 Å². The molecule has 0 aliphatic rings. The first-order valence-corrected chi connectivity index (χ1v) is 4.19. The Morgan fingerprint density at radius 3 is 2.75 bits per heavy atom. The van der Waals surface area contributed by atoms with Gasteiger partial charge in [-0.3, -0.25) is 14.9 Å². The van der Waals surface area contributed by atoms with Crippen molar-refractivity contribution in [2.45, 2.75) is 6.42 Å². The third kappa shape index (κ3) is 2.25. The van der Waals surface area contributed by atoms with Crippen molar-refractivity contribution in [3.63, 3.8) is 0 Å². The fraction of sp³-hybridized carbons (Fsp3) is 0.222. The van der Waals surface area contributed by atoms with Gasteiger partial charge in [0.05, 0.1) is 18.5 Å². The van der Waals surface area contributed by atoms with Crippen molar-refractivity contribution in [1.82, 2.24) is 0 Å². The molecule has 1 aromatic rings. The normalized spacial score (nSPS) is 9.88. The number of hydrogen-bond donors (Lipinski definition) is 1. The van der Waals surface area contributed by atoms with Gasteiger partial charge in [0.25, 0.3) is 0 Å². The zero-order chi connectivity index (χ0) is 12.3. The number of nitro groups is 1. The lowest BCUT2D eigenvalue weighted by Crippen LogP contribution is -2.07. The predicted octanol–water partition coefficient (Wildman–Crippen LogP) is 1.15. The van der Waals surface area contributed by atoms with Crippen LogP contribution in [0.15, 0.2) is 12.1 Å². The number of nitro benzene ring substituents is 1. The summed E-state index contributed by atoms with van der Waals surface area (Å²) in [6.45, 7) is 0. The van der Waals surface area contributed by atoms with Crippen molar-refractivity contribution in [2.24, 2.45) is 0 Å². The van der Waals surface area contributed by atoms with Gasteiger partial charge in [-0.1, -0.05) is 0 Å². The number of phenolic OH excluding ortho intramolecular Hbond substituents is 1. The number of rotatable bonds is 3. The Balaban J connectivity index is 3.21. The van der Waals surface area contributed by atoms with E-state index in [4.69, 9.17) is 0 Å². The molecule has 6 nitrogen and oxygen atoms in total. The number of halogens is 1. The second-order valence-electron chi connectivity index (χ2n) is 2.90. The number of methoxy groups -OCH3 is 1. The molecule has 7 heteroatoms. The first-order valence-electron chi connectivity index (χ1n) is 4.19. The summed E-state index contributed by atoms with van der Waals surface area (Å²) in [4.78, 5) is 20.5.